The van der Waals surface area contributed by atoms with Crippen molar-refractivity contribution in [2.75, 3.05) is 6.61 Å². The van der Waals surface area contributed by atoms with Crippen LogP contribution in [0.25, 0.3) is 6.08 Å². The molecule has 6 bridgehead atoms. The second-order valence-corrected chi connectivity index (χ2v) is 10.8. The quantitative estimate of drug-likeness (QED) is 0.600. The molecule has 0 radical (unpaired) electrons. The van der Waals surface area contributed by atoms with Crippen LogP contribution in [-0.2, 0) is 11.3 Å². The van der Waals surface area contributed by atoms with Crippen molar-refractivity contribution in [2.45, 2.75) is 77.1 Å². The predicted octanol–water partition coefficient (Wildman–Crippen LogP) is 4.73. The maximum Gasteiger partial charge on any atom is 0.251 e. The summed E-state index contributed by atoms with van der Waals surface area (Å²) in [5.74, 6) is 1.35. The third-order valence-electron chi connectivity index (χ3n) is 7.27. The fraction of sp³-hybridized carbons (Fsp3) is 0.433. The maximum atomic E-state index is 13.5. The zero-order valence-corrected chi connectivity index (χ0v) is 22.3. The Bertz CT molecular complexity index is 1300. The molecular weight excluding hydrogens is 480 g/mol. The molecule has 8 nitrogen and oxygen atoms in total. The van der Waals surface area contributed by atoms with Crippen LogP contribution in [-0.4, -0.2) is 40.9 Å². The summed E-state index contributed by atoms with van der Waals surface area (Å²) >= 11 is 0. The van der Waals surface area contributed by atoms with Gasteiger partial charge in [0.05, 0.1) is 25.2 Å². The molecule has 8 heteroatoms. The van der Waals surface area contributed by atoms with Crippen molar-refractivity contribution in [3.63, 3.8) is 0 Å². The lowest BCUT2D eigenvalue weighted by Gasteiger charge is -2.38. The van der Waals surface area contributed by atoms with Crippen LogP contribution in [0.3, 0.4) is 0 Å². The lowest BCUT2D eigenvalue weighted by Crippen LogP contribution is -2.46. The Morgan fingerprint density at radius 1 is 1.21 bits per heavy atom. The van der Waals surface area contributed by atoms with Crippen LogP contribution in [0.2, 0.25) is 0 Å². The van der Waals surface area contributed by atoms with E-state index in [0.717, 1.165) is 36.1 Å². The number of nitrogens with one attached hydrogen (secondary N) is 1. The van der Waals surface area contributed by atoms with Gasteiger partial charge in [0, 0.05) is 29.5 Å². The second-order valence-electron chi connectivity index (χ2n) is 10.8. The number of amides is 2. The number of carbonyl (C=O) groups is 2. The van der Waals surface area contributed by atoms with E-state index in [9.17, 15) is 9.59 Å². The van der Waals surface area contributed by atoms with Crippen LogP contribution in [0.4, 0.5) is 0 Å². The molecule has 0 aromatic heterocycles. The van der Waals surface area contributed by atoms with E-state index in [0.29, 0.717) is 36.3 Å². The molecule has 2 amide bonds. The van der Waals surface area contributed by atoms with Crippen LogP contribution in [0.15, 0.2) is 47.5 Å². The lowest BCUT2D eigenvalue weighted by atomic mass is 9.88. The fourth-order valence-corrected chi connectivity index (χ4v) is 5.43. The number of nitrogens with two attached hydrogens (primary N) is 1. The molecule has 0 saturated heterocycles. The zero-order valence-electron chi connectivity index (χ0n) is 22.3. The average molecular weight is 517 g/mol. The number of guanidine groups is 1. The molecule has 0 spiro atoms. The Morgan fingerprint density at radius 3 is 2.84 bits per heavy atom. The van der Waals surface area contributed by atoms with E-state index in [2.05, 4.69) is 28.5 Å². The number of carbonyl (C=O) groups excluding carboxylic acids is 2. The first-order chi connectivity index (χ1) is 18.2. The van der Waals surface area contributed by atoms with Gasteiger partial charge in [0.15, 0.2) is 5.96 Å². The molecule has 0 aliphatic carbocycles. The molecule has 0 fully saturated rings. The van der Waals surface area contributed by atoms with E-state index >= 15 is 0 Å². The van der Waals surface area contributed by atoms with E-state index in [1.165, 1.54) is 4.90 Å². The molecule has 38 heavy (non-hydrogen) atoms. The Labute approximate surface area is 223 Å². The molecule has 4 aliphatic rings. The summed E-state index contributed by atoms with van der Waals surface area (Å²) < 4.78 is 12.1. The third kappa shape index (κ3) is 5.54. The molecule has 2 aromatic rings. The Morgan fingerprint density at radius 2 is 2.05 bits per heavy atom. The van der Waals surface area contributed by atoms with Crippen LogP contribution in [0.5, 0.6) is 11.5 Å². The predicted molar refractivity (Wildman–Crippen MR) is 147 cm³/mol. The number of benzene rings is 2. The Balaban J connectivity index is 1.55. The lowest BCUT2D eigenvalue weighted by molar-refractivity contribution is -0.128. The van der Waals surface area contributed by atoms with Crippen LogP contribution < -0.4 is 20.5 Å². The van der Waals surface area contributed by atoms with Gasteiger partial charge in [0.1, 0.15) is 17.1 Å². The van der Waals surface area contributed by atoms with Gasteiger partial charge in [-0.1, -0.05) is 18.2 Å². The van der Waals surface area contributed by atoms with Crippen molar-refractivity contribution in [3.05, 3.63) is 64.7 Å². The first-order valence-corrected chi connectivity index (χ1v) is 13.4. The summed E-state index contributed by atoms with van der Waals surface area (Å²) in [6.07, 6.45) is 7.75. The minimum atomic E-state index is -0.426. The van der Waals surface area contributed by atoms with Crippen molar-refractivity contribution in [1.29, 1.82) is 0 Å². The van der Waals surface area contributed by atoms with Crippen molar-refractivity contribution in [3.8, 4) is 11.5 Å². The number of hydrogen-bond donors (Lipinski definition) is 2. The molecule has 0 saturated carbocycles. The smallest absolute Gasteiger partial charge is 0.251 e. The molecule has 4 aliphatic heterocycles. The first kappa shape index (κ1) is 25.8. The normalized spacial score (nSPS) is 23.8. The zero-order chi connectivity index (χ0) is 26.9. The molecule has 200 valence electrons. The number of aliphatic imine (C=N–C) groups is 1. The highest BCUT2D eigenvalue weighted by molar-refractivity contribution is 5.99. The van der Waals surface area contributed by atoms with Crippen molar-refractivity contribution in [1.82, 2.24) is 10.2 Å². The Hall–Kier alpha value is -3.81. The molecule has 4 heterocycles. The monoisotopic (exact) mass is 516 g/mol. The van der Waals surface area contributed by atoms with E-state index in [1.54, 1.807) is 18.2 Å². The van der Waals surface area contributed by atoms with Crippen LogP contribution in [0, 0.1) is 0 Å². The highest BCUT2D eigenvalue weighted by Crippen LogP contribution is 2.40. The fourth-order valence-electron chi connectivity index (χ4n) is 5.43. The number of rotatable bonds is 2. The van der Waals surface area contributed by atoms with E-state index < -0.39 is 5.60 Å². The number of fused-ring (bicyclic) bond motifs is 5. The molecule has 3 N–H and O–H groups in total. The number of hydrogen-bond acceptors (Lipinski definition) is 6. The topological polar surface area (TPSA) is 106 Å². The average Bonchev–Trinajstić information content (AvgIpc) is 2.86. The van der Waals surface area contributed by atoms with Gasteiger partial charge in [-0.05, 0) is 75.9 Å². The minimum absolute atomic E-state index is 0.0683. The highest BCUT2D eigenvalue weighted by Gasteiger charge is 2.35. The van der Waals surface area contributed by atoms with Crippen molar-refractivity contribution in [2.24, 2.45) is 10.7 Å². The first-order valence-electron chi connectivity index (χ1n) is 13.4. The van der Waals surface area contributed by atoms with Gasteiger partial charge in [0.25, 0.3) is 5.91 Å². The molecule has 6 rings (SSSR count). The number of allylic oxidation sites excluding steroid dienone is 1. The van der Waals surface area contributed by atoms with Gasteiger partial charge in [-0.15, -0.1) is 0 Å². The molecular formula is C30H36N4O4. The van der Waals surface area contributed by atoms with Gasteiger partial charge in [-0.3, -0.25) is 14.5 Å². The summed E-state index contributed by atoms with van der Waals surface area (Å²) in [5, 5.41) is 3.24. The van der Waals surface area contributed by atoms with Gasteiger partial charge in [0.2, 0.25) is 5.91 Å². The van der Waals surface area contributed by atoms with Crippen molar-refractivity contribution >= 4 is 23.8 Å². The van der Waals surface area contributed by atoms with Crippen LogP contribution >= 0.6 is 0 Å². The third-order valence-corrected chi connectivity index (χ3v) is 7.27. The Kier molecular flexibility index (Phi) is 7.15. The summed E-state index contributed by atoms with van der Waals surface area (Å²) in [5.41, 5.74) is 9.06. The molecule has 2 atom stereocenters. The van der Waals surface area contributed by atoms with Crippen LogP contribution in [0.1, 0.15) is 86.0 Å². The van der Waals surface area contributed by atoms with E-state index in [1.807, 2.05) is 32.9 Å². The number of nitrogens with zero attached hydrogens (tertiary/aromatic N) is 2. The summed E-state index contributed by atoms with van der Waals surface area (Å²) in [4.78, 5) is 32.7. The SMILES string of the molecule is CCOc1ccc2cc1CN1C(=O)CC(CCC/C=C/c3ccc4c(c3)C(CC(C)(C)O4)NC2=O)N=C1N. The summed E-state index contributed by atoms with van der Waals surface area (Å²) in [7, 11) is 0. The van der Waals surface area contributed by atoms with E-state index in [-0.39, 0.29) is 36.4 Å². The van der Waals surface area contributed by atoms with E-state index in [4.69, 9.17) is 15.2 Å². The minimum Gasteiger partial charge on any atom is -0.494 e. The van der Waals surface area contributed by atoms with Crippen molar-refractivity contribution < 1.29 is 19.1 Å². The van der Waals surface area contributed by atoms with Gasteiger partial charge < -0.3 is 20.5 Å². The number of ether oxygens (including phenoxy) is 2. The standard InChI is InChI=1S/C30H36N4O4/c1-4-37-25-13-11-20-15-21(25)18-34-27(35)16-22(32-29(34)31)9-7-5-6-8-19-10-12-26-23(14-19)24(33-28(20)36)17-30(2,3)38-26/h6,8,10-15,22,24H,4-5,7,9,16-18H2,1-3H3,(H2,31,32)(H,33,36)/b8-6+. The van der Waals surface area contributed by atoms with Gasteiger partial charge in [-0.2, -0.15) is 0 Å². The largest absolute Gasteiger partial charge is 0.494 e. The van der Waals surface area contributed by atoms with Gasteiger partial charge >= 0.3 is 0 Å². The molecule has 2 unspecified atom stereocenters. The second kappa shape index (κ2) is 10.5. The highest BCUT2D eigenvalue weighted by atomic mass is 16.5. The summed E-state index contributed by atoms with van der Waals surface area (Å²) in [6, 6.07) is 11.1. The maximum absolute atomic E-state index is 13.5. The molecule has 2 aromatic carbocycles. The summed E-state index contributed by atoms with van der Waals surface area (Å²) in [6.45, 7) is 6.62. The van der Waals surface area contributed by atoms with Gasteiger partial charge in [-0.25, -0.2) is 4.99 Å².